The van der Waals surface area contributed by atoms with Gasteiger partial charge in [-0.1, -0.05) is 0 Å². The molecule has 2 aromatic rings. The molecule has 74 valence electrons. The third-order valence-corrected chi connectivity index (χ3v) is 2.55. The van der Waals surface area contributed by atoms with Gasteiger partial charge in [0.2, 0.25) is 0 Å². The maximum absolute atomic E-state index is 9.49. The lowest BCUT2D eigenvalue weighted by Crippen LogP contribution is -1.94. The highest BCUT2D eigenvalue weighted by Crippen LogP contribution is 2.27. The number of phenolic OH excluding ortho intramolecular Hbond substituents is 1. The Morgan fingerprint density at radius 2 is 2.14 bits per heavy atom. The Labute approximate surface area is 82.8 Å². The minimum atomic E-state index is 0.302. The highest BCUT2D eigenvalue weighted by molar-refractivity contribution is 5.88. The molecule has 0 atom stereocenters. The average molecular weight is 190 g/mol. The molecular formula is C11H14N2O. The molecule has 0 spiro atoms. The van der Waals surface area contributed by atoms with E-state index < -0.39 is 0 Å². The number of hydrogen-bond acceptors (Lipinski definition) is 2. The van der Waals surface area contributed by atoms with Crippen LogP contribution < -0.4 is 5.73 Å². The number of nitrogens with zero attached hydrogens (tertiary/aromatic N) is 1. The standard InChI is InChI=1S/C11H14N2O/c1-7-3-9(14)4-10-8(5-12)6-13(2)11(7)10/h3-4,6,14H,5,12H2,1-2H3. The number of benzene rings is 1. The van der Waals surface area contributed by atoms with Gasteiger partial charge in [0.1, 0.15) is 5.75 Å². The van der Waals surface area contributed by atoms with E-state index in [4.69, 9.17) is 5.73 Å². The van der Waals surface area contributed by atoms with Crippen molar-refractivity contribution >= 4 is 10.9 Å². The van der Waals surface area contributed by atoms with Gasteiger partial charge in [0, 0.05) is 25.2 Å². The molecule has 1 aromatic carbocycles. The predicted octanol–water partition coefficient (Wildman–Crippen LogP) is 1.65. The fourth-order valence-electron chi connectivity index (χ4n) is 2.00. The van der Waals surface area contributed by atoms with Crippen molar-refractivity contribution < 1.29 is 5.11 Å². The molecule has 0 amide bonds. The van der Waals surface area contributed by atoms with Crippen molar-refractivity contribution in [3.8, 4) is 5.75 Å². The monoisotopic (exact) mass is 190 g/mol. The molecule has 0 aliphatic rings. The van der Waals surface area contributed by atoms with Crippen LogP contribution in [0.3, 0.4) is 0 Å². The van der Waals surface area contributed by atoms with E-state index in [2.05, 4.69) is 0 Å². The van der Waals surface area contributed by atoms with Crippen LogP contribution >= 0.6 is 0 Å². The number of hydrogen-bond donors (Lipinski definition) is 2. The molecule has 1 aromatic heterocycles. The van der Waals surface area contributed by atoms with Gasteiger partial charge in [-0.3, -0.25) is 0 Å². The first kappa shape index (κ1) is 9.09. The Kier molecular flexibility index (Phi) is 1.97. The Hall–Kier alpha value is -1.48. The molecule has 2 rings (SSSR count). The molecule has 0 aliphatic carbocycles. The van der Waals surface area contributed by atoms with Crippen LogP contribution in [0.1, 0.15) is 11.1 Å². The van der Waals surface area contributed by atoms with Crippen LogP contribution in [0.15, 0.2) is 18.3 Å². The van der Waals surface area contributed by atoms with Gasteiger partial charge >= 0.3 is 0 Å². The second-order valence-electron chi connectivity index (χ2n) is 3.63. The van der Waals surface area contributed by atoms with Crippen molar-refractivity contribution in [2.75, 3.05) is 0 Å². The predicted molar refractivity (Wildman–Crippen MR) is 57.2 cm³/mol. The highest BCUT2D eigenvalue weighted by atomic mass is 16.3. The van der Waals surface area contributed by atoms with Gasteiger partial charge in [0.25, 0.3) is 0 Å². The van der Waals surface area contributed by atoms with Gasteiger partial charge in [0.15, 0.2) is 0 Å². The van der Waals surface area contributed by atoms with Gasteiger partial charge in [-0.25, -0.2) is 0 Å². The zero-order chi connectivity index (χ0) is 10.3. The first-order chi connectivity index (χ1) is 6.63. The van der Waals surface area contributed by atoms with E-state index in [1.165, 1.54) is 0 Å². The summed E-state index contributed by atoms with van der Waals surface area (Å²) in [5.41, 5.74) is 8.92. The Morgan fingerprint density at radius 1 is 1.43 bits per heavy atom. The van der Waals surface area contributed by atoms with E-state index in [1.54, 1.807) is 12.1 Å². The summed E-state index contributed by atoms with van der Waals surface area (Å²) in [6.45, 7) is 2.49. The molecule has 3 nitrogen and oxygen atoms in total. The molecule has 1 heterocycles. The molecule has 3 N–H and O–H groups in total. The van der Waals surface area contributed by atoms with E-state index in [0.29, 0.717) is 12.3 Å². The van der Waals surface area contributed by atoms with Gasteiger partial charge in [-0.15, -0.1) is 0 Å². The number of nitrogens with two attached hydrogens (primary N) is 1. The minimum absolute atomic E-state index is 0.302. The van der Waals surface area contributed by atoms with Crippen LogP contribution in [0.25, 0.3) is 10.9 Å². The third-order valence-electron chi connectivity index (χ3n) is 2.55. The summed E-state index contributed by atoms with van der Waals surface area (Å²) in [5, 5.41) is 10.5. The van der Waals surface area contributed by atoms with Gasteiger partial charge in [-0.05, 0) is 30.2 Å². The SMILES string of the molecule is Cc1cc(O)cc2c(CN)cn(C)c12. The summed E-state index contributed by atoms with van der Waals surface area (Å²) in [7, 11) is 1.99. The van der Waals surface area contributed by atoms with Crippen LogP contribution in [0.5, 0.6) is 5.75 Å². The quantitative estimate of drug-likeness (QED) is 0.718. The molecule has 0 radical (unpaired) electrons. The topological polar surface area (TPSA) is 51.2 Å². The first-order valence-corrected chi connectivity index (χ1v) is 4.61. The lowest BCUT2D eigenvalue weighted by Gasteiger charge is -2.02. The molecule has 0 aliphatic heterocycles. The molecule has 0 unspecified atom stereocenters. The fourth-order valence-corrected chi connectivity index (χ4v) is 2.00. The van der Waals surface area contributed by atoms with Crippen molar-refractivity contribution in [3.05, 3.63) is 29.5 Å². The van der Waals surface area contributed by atoms with Crippen LogP contribution in [0.2, 0.25) is 0 Å². The number of aromatic nitrogens is 1. The summed E-state index contributed by atoms with van der Waals surface area (Å²) in [4.78, 5) is 0. The van der Waals surface area contributed by atoms with Crippen LogP contribution in [0, 0.1) is 6.92 Å². The second-order valence-corrected chi connectivity index (χ2v) is 3.63. The number of aryl methyl sites for hydroxylation is 2. The van der Waals surface area contributed by atoms with E-state index in [9.17, 15) is 5.11 Å². The van der Waals surface area contributed by atoms with Gasteiger partial charge in [-0.2, -0.15) is 0 Å². The maximum atomic E-state index is 9.49. The Bertz CT molecular complexity index is 485. The lowest BCUT2D eigenvalue weighted by atomic mass is 10.1. The van der Waals surface area contributed by atoms with Crippen LogP contribution in [-0.2, 0) is 13.6 Å². The Balaban J connectivity index is 2.89. The molecule has 0 saturated heterocycles. The van der Waals surface area contributed by atoms with E-state index in [0.717, 1.165) is 22.0 Å². The van der Waals surface area contributed by atoms with Crippen molar-refractivity contribution in [2.24, 2.45) is 12.8 Å². The molecule has 0 saturated carbocycles. The summed E-state index contributed by atoms with van der Waals surface area (Å²) in [6.07, 6.45) is 2.01. The number of aromatic hydroxyl groups is 1. The van der Waals surface area contributed by atoms with Crippen molar-refractivity contribution in [2.45, 2.75) is 13.5 Å². The molecule has 14 heavy (non-hydrogen) atoms. The summed E-state index contributed by atoms with van der Waals surface area (Å²) in [6, 6.07) is 3.53. The van der Waals surface area contributed by atoms with Crippen molar-refractivity contribution in [1.82, 2.24) is 4.57 Å². The lowest BCUT2D eigenvalue weighted by molar-refractivity contribution is 0.475. The van der Waals surface area contributed by atoms with E-state index in [-0.39, 0.29) is 0 Å². The number of rotatable bonds is 1. The molecule has 0 fully saturated rings. The maximum Gasteiger partial charge on any atom is 0.116 e. The molecule has 0 bridgehead atoms. The number of phenols is 1. The first-order valence-electron chi connectivity index (χ1n) is 4.61. The Morgan fingerprint density at radius 3 is 2.79 bits per heavy atom. The van der Waals surface area contributed by atoms with Crippen LogP contribution in [0.4, 0.5) is 0 Å². The highest BCUT2D eigenvalue weighted by Gasteiger charge is 2.08. The summed E-state index contributed by atoms with van der Waals surface area (Å²) < 4.78 is 2.05. The largest absolute Gasteiger partial charge is 0.508 e. The fraction of sp³-hybridized carbons (Fsp3) is 0.273. The third kappa shape index (κ3) is 1.17. The van der Waals surface area contributed by atoms with Gasteiger partial charge in [0.05, 0.1) is 5.52 Å². The van der Waals surface area contributed by atoms with Crippen LogP contribution in [-0.4, -0.2) is 9.67 Å². The van der Waals surface area contributed by atoms with Gasteiger partial charge < -0.3 is 15.4 Å². The summed E-state index contributed by atoms with van der Waals surface area (Å²) in [5.74, 6) is 0.302. The molecule has 3 heteroatoms. The van der Waals surface area contributed by atoms with E-state index >= 15 is 0 Å². The zero-order valence-electron chi connectivity index (χ0n) is 8.41. The zero-order valence-corrected chi connectivity index (χ0v) is 8.41. The van der Waals surface area contributed by atoms with Crippen molar-refractivity contribution in [3.63, 3.8) is 0 Å². The average Bonchev–Trinajstić information content (AvgIpc) is 2.42. The number of fused-ring (bicyclic) bond motifs is 1. The summed E-state index contributed by atoms with van der Waals surface area (Å²) >= 11 is 0. The normalized spacial score (nSPS) is 11.1. The van der Waals surface area contributed by atoms with E-state index in [1.807, 2.05) is 24.7 Å². The molecular weight excluding hydrogens is 176 g/mol. The smallest absolute Gasteiger partial charge is 0.116 e. The minimum Gasteiger partial charge on any atom is -0.508 e. The second kappa shape index (κ2) is 3.03. The van der Waals surface area contributed by atoms with Crippen molar-refractivity contribution in [1.29, 1.82) is 0 Å².